The molecule has 4 heteroatoms. The summed E-state index contributed by atoms with van der Waals surface area (Å²) >= 11 is 0. The van der Waals surface area contributed by atoms with Gasteiger partial charge in [0.15, 0.2) is 0 Å². The number of carbonyl (C=O) groups excluding carboxylic acids is 1. The standard InChI is InChI=1S/C17H22O4/c1-4-7-13(18)10-5-8-12-9-6-11-14-15(12)16(19)21-17(2,3)20-14/h4,6,9,11,13,18H,1,5,7-8,10H2,2-3H3/t13-/m1/s1. The summed E-state index contributed by atoms with van der Waals surface area (Å²) in [7, 11) is 0. The molecule has 0 fully saturated rings. The fraction of sp³-hybridized carbons (Fsp3) is 0.471. The molecule has 21 heavy (non-hydrogen) atoms. The van der Waals surface area contributed by atoms with Crippen molar-refractivity contribution in [2.75, 3.05) is 0 Å². The first-order valence-electron chi connectivity index (χ1n) is 7.26. The van der Waals surface area contributed by atoms with E-state index >= 15 is 0 Å². The SMILES string of the molecule is C=CC[C@@H](O)CCCc1cccc2c1C(=O)OC(C)(C)O2. The van der Waals surface area contributed by atoms with Crippen LogP contribution < -0.4 is 4.74 Å². The van der Waals surface area contributed by atoms with Gasteiger partial charge in [-0.05, 0) is 37.3 Å². The van der Waals surface area contributed by atoms with Crippen LogP contribution in [0.5, 0.6) is 5.75 Å². The third kappa shape index (κ3) is 3.85. The van der Waals surface area contributed by atoms with Crippen molar-refractivity contribution in [1.29, 1.82) is 0 Å². The van der Waals surface area contributed by atoms with Crippen LogP contribution in [0.4, 0.5) is 0 Å². The Hall–Kier alpha value is -1.81. The minimum atomic E-state index is -0.928. The molecule has 1 N–H and O–H groups in total. The molecule has 0 unspecified atom stereocenters. The highest BCUT2D eigenvalue weighted by Gasteiger charge is 2.35. The topological polar surface area (TPSA) is 55.8 Å². The summed E-state index contributed by atoms with van der Waals surface area (Å²) in [6.45, 7) is 7.04. The highest BCUT2D eigenvalue weighted by atomic mass is 16.7. The lowest BCUT2D eigenvalue weighted by Gasteiger charge is -2.32. The van der Waals surface area contributed by atoms with Gasteiger partial charge in [-0.15, -0.1) is 6.58 Å². The predicted octanol–water partition coefficient (Wildman–Crippen LogP) is 3.23. The third-order valence-corrected chi connectivity index (χ3v) is 3.43. The molecule has 1 atom stereocenters. The van der Waals surface area contributed by atoms with Crippen LogP contribution in [0.1, 0.15) is 49.0 Å². The molecule has 1 aliphatic heterocycles. The molecule has 1 heterocycles. The first-order chi connectivity index (χ1) is 9.93. The lowest BCUT2D eigenvalue weighted by Crippen LogP contribution is -2.39. The van der Waals surface area contributed by atoms with Gasteiger partial charge in [-0.1, -0.05) is 18.2 Å². The Balaban J connectivity index is 2.09. The number of esters is 1. The molecular weight excluding hydrogens is 268 g/mol. The van der Waals surface area contributed by atoms with E-state index in [1.165, 1.54) is 0 Å². The molecule has 0 aromatic heterocycles. The van der Waals surface area contributed by atoms with Gasteiger partial charge in [0.1, 0.15) is 11.3 Å². The van der Waals surface area contributed by atoms with Gasteiger partial charge in [0.25, 0.3) is 0 Å². The summed E-state index contributed by atoms with van der Waals surface area (Å²) in [6.07, 6.45) is 4.11. The Morgan fingerprint density at radius 2 is 2.14 bits per heavy atom. The molecule has 1 aromatic rings. The van der Waals surface area contributed by atoms with Crippen LogP contribution in [-0.4, -0.2) is 23.0 Å². The van der Waals surface area contributed by atoms with Crippen molar-refractivity contribution in [3.8, 4) is 5.75 Å². The number of ether oxygens (including phenoxy) is 2. The zero-order chi connectivity index (χ0) is 15.5. The first-order valence-corrected chi connectivity index (χ1v) is 7.26. The number of hydrogen-bond acceptors (Lipinski definition) is 4. The minimum absolute atomic E-state index is 0.344. The van der Waals surface area contributed by atoms with Gasteiger partial charge in [0.05, 0.1) is 6.10 Å². The molecule has 0 spiro atoms. The van der Waals surface area contributed by atoms with Gasteiger partial charge in [-0.2, -0.15) is 0 Å². The molecule has 1 aliphatic rings. The number of aryl methyl sites for hydroxylation is 1. The van der Waals surface area contributed by atoms with Gasteiger partial charge in [0.2, 0.25) is 5.79 Å². The first kappa shape index (κ1) is 15.6. The van der Waals surface area contributed by atoms with E-state index in [0.29, 0.717) is 30.6 Å². The molecule has 4 nitrogen and oxygen atoms in total. The Morgan fingerprint density at radius 1 is 1.38 bits per heavy atom. The van der Waals surface area contributed by atoms with Gasteiger partial charge in [-0.25, -0.2) is 4.79 Å². The molecular formula is C17H22O4. The summed E-state index contributed by atoms with van der Waals surface area (Å²) in [6, 6.07) is 5.57. The number of aliphatic hydroxyl groups excluding tert-OH is 1. The smallest absolute Gasteiger partial charge is 0.345 e. The van der Waals surface area contributed by atoms with Crippen LogP contribution in [-0.2, 0) is 11.2 Å². The zero-order valence-corrected chi connectivity index (χ0v) is 12.6. The second-order valence-electron chi connectivity index (χ2n) is 5.75. The molecule has 2 rings (SSSR count). The van der Waals surface area contributed by atoms with Crippen LogP contribution in [0.15, 0.2) is 30.9 Å². The normalized spacial score (nSPS) is 17.4. The van der Waals surface area contributed by atoms with E-state index in [-0.39, 0.29) is 12.1 Å². The van der Waals surface area contributed by atoms with Crippen molar-refractivity contribution >= 4 is 5.97 Å². The van der Waals surface area contributed by atoms with Gasteiger partial charge in [-0.3, -0.25) is 0 Å². The zero-order valence-electron chi connectivity index (χ0n) is 12.6. The molecule has 0 radical (unpaired) electrons. The van der Waals surface area contributed by atoms with Crippen LogP contribution >= 0.6 is 0 Å². The van der Waals surface area contributed by atoms with E-state index in [1.54, 1.807) is 26.0 Å². The Labute approximate surface area is 125 Å². The van der Waals surface area contributed by atoms with Gasteiger partial charge >= 0.3 is 5.97 Å². The Bertz CT molecular complexity index is 534. The second-order valence-corrected chi connectivity index (χ2v) is 5.75. The fourth-order valence-electron chi connectivity index (χ4n) is 2.50. The van der Waals surface area contributed by atoms with Crippen molar-refractivity contribution in [3.63, 3.8) is 0 Å². The molecule has 0 saturated heterocycles. The number of aliphatic hydroxyl groups is 1. The van der Waals surface area contributed by atoms with Gasteiger partial charge in [0, 0.05) is 13.8 Å². The number of fused-ring (bicyclic) bond motifs is 1. The van der Waals surface area contributed by atoms with E-state index in [4.69, 9.17) is 9.47 Å². The molecule has 0 amide bonds. The van der Waals surface area contributed by atoms with E-state index in [0.717, 1.165) is 12.0 Å². The van der Waals surface area contributed by atoms with E-state index in [2.05, 4.69) is 6.58 Å². The van der Waals surface area contributed by atoms with Crippen LogP contribution in [0.25, 0.3) is 0 Å². The number of carbonyl (C=O) groups is 1. The van der Waals surface area contributed by atoms with Gasteiger partial charge < -0.3 is 14.6 Å². The molecule has 0 bridgehead atoms. The maximum Gasteiger partial charge on any atom is 0.345 e. The summed E-state index contributed by atoms with van der Waals surface area (Å²) in [5, 5.41) is 9.70. The van der Waals surface area contributed by atoms with Crippen molar-refractivity contribution < 1.29 is 19.4 Å². The fourth-order valence-corrected chi connectivity index (χ4v) is 2.50. The molecule has 0 aliphatic carbocycles. The largest absolute Gasteiger partial charge is 0.452 e. The lowest BCUT2D eigenvalue weighted by atomic mass is 9.98. The lowest BCUT2D eigenvalue weighted by molar-refractivity contribution is -0.127. The summed E-state index contributed by atoms with van der Waals surface area (Å²) < 4.78 is 11.0. The maximum atomic E-state index is 12.2. The highest BCUT2D eigenvalue weighted by molar-refractivity contribution is 5.95. The average molecular weight is 290 g/mol. The predicted molar refractivity (Wildman–Crippen MR) is 80.3 cm³/mol. The molecule has 0 saturated carbocycles. The average Bonchev–Trinajstić information content (AvgIpc) is 2.37. The number of rotatable bonds is 6. The number of hydrogen-bond donors (Lipinski definition) is 1. The molecule has 1 aromatic carbocycles. The van der Waals surface area contributed by atoms with Crippen molar-refractivity contribution in [2.45, 2.75) is 51.4 Å². The second kappa shape index (κ2) is 6.31. The molecule has 114 valence electrons. The van der Waals surface area contributed by atoms with E-state index in [1.807, 2.05) is 12.1 Å². The monoisotopic (exact) mass is 290 g/mol. The third-order valence-electron chi connectivity index (χ3n) is 3.43. The van der Waals surface area contributed by atoms with Crippen LogP contribution in [0.3, 0.4) is 0 Å². The van der Waals surface area contributed by atoms with Crippen molar-refractivity contribution in [3.05, 3.63) is 42.0 Å². The Morgan fingerprint density at radius 3 is 2.86 bits per heavy atom. The summed E-state index contributed by atoms with van der Waals surface area (Å²) in [5.41, 5.74) is 1.41. The van der Waals surface area contributed by atoms with Crippen molar-refractivity contribution in [1.82, 2.24) is 0 Å². The van der Waals surface area contributed by atoms with Crippen LogP contribution in [0.2, 0.25) is 0 Å². The minimum Gasteiger partial charge on any atom is -0.452 e. The van der Waals surface area contributed by atoms with E-state index < -0.39 is 5.79 Å². The number of benzene rings is 1. The van der Waals surface area contributed by atoms with Crippen LogP contribution in [0, 0.1) is 0 Å². The van der Waals surface area contributed by atoms with Crippen molar-refractivity contribution in [2.24, 2.45) is 0 Å². The summed E-state index contributed by atoms with van der Waals surface area (Å²) in [4.78, 5) is 12.2. The maximum absolute atomic E-state index is 12.2. The quantitative estimate of drug-likeness (QED) is 0.645. The highest BCUT2D eigenvalue weighted by Crippen LogP contribution is 2.33. The Kier molecular flexibility index (Phi) is 4.68. The number of cyclic esters (lactones) is 1. The van der Waals surface area contributed by atoms with E-state index in [9.17, 15) is 9.90 Å². The summed E-state index contributed by atoms with van der Waals surface area (Å²) in [5.74, 6) is -0.702.